The number of thiophene rings is 1. The third kappa shape index (κ3) is 1.52. The molecule has 0 fully saturated rings. The number of benzene rings is 1. The van der Waals surface area contributed by atoms with E-state index < -0.39 is 0 Å². The fraction of sp³-hybridized carbons (Fsp3) is 0. The average molecular weight is 278 g/mol. The van der Waals surface area contributed by atoms with Gasteiger partial charge in [0.25, 0.3) is 0 Å². The Bertz CT molecular complexity index is 591. The quantitative estimate of drug-likeness (QED) is 0.619. The lowest BCUT2D eigenvalue weighted by Crippen LogP contribution is -1.89. The molecule has 1 nitrogen and oxygen atoms in total. The van der Waals surface area contributed by atoms with Crippen LogP contribution >= 0.6 is 27.3 Å². The second-order valence-electron chi connectivity index (χ2n) is 3.33. The SMILES string of the molecule is Brc1ccc(-n2ccc3sccc32)cc1. The lowest BCUT2D eigenvalue weighted by atomic mass is 10.3. The largest absolute Gasteiger partial charge is 0.316 e. The molecule has 0 unspecified atom stereocenters. The van der Waals surface area contributed by atoms with Crippen LogP contribution in [-0.2, 0) is 0 Å². The van der Waals surface area contributed by atoms with Crippen LogP contribution in [0.4, 0.5) is 0 Å². The first-order chi connectivity index (χ1) is 7.34. The molecule has 0 aliphatic heterocycles. The first-order valence-electron chi connectivity index (χ1n) is 4.65. The molecule has 74 valence electrons. The van der Waals surface area contributed by atoms with Crippen LogP contribution in [0.25, 0.3) is 15.9 Å². The summed E-state index contributed by atoms with van der Waals surface area (Å²) in [6, 6.07) is 12.7. The summed E-state index contributed by atoms with van der Waals surface area (Å²) in [4.78, 5) is 0. The average Bonchev–Trinajstić information content (AvgIpc) is 2.80. The van der Waals surface area contributed by atoms with E-state index in [1.54, 1.807) is 11.3 Å². The predicted molar refractivity (Wildman–Crippen MR) is 68.9 cm³/mol. The van der Waals surface area contributed by atoms with Gasteiger partial charge in [0, 0.05) is 16.4 Å². The third-order valence-electron chi connectivity index (χ3n) is 2.41. The molecular weight excluding hydrogens is 270 g/mol. The Hall–Kier alpha value is -1.06. The van der Waals surface area contributed by atoms with Gasteiger partial charge in [0.15, 0.2) is 0 Å². The summed E-state index contributed by atoms with van der Waals surface area (Å²) in [5.41, 5.74) is 2.48. The molecule has 3 heteroatoms. The van der Waals surface area contributed by atoms with Crippen molar-refractivity contribution >= 4 is 37.5 Å². The maximum Gasteiger partial charge on any atom is 0.0636 e. The van der Waals surface area contributed by atoms with Crippen LogP contribution in [0.2, 0.25) is 0 Å². The van der Waals surface area contributed by atoms with E-state index in [0.717, 1.165) is 4.47 Å². The van der Waals surface area contributed by atoms with Crippen LogP contribution < -0.4 is 0 Å². The van der Waals surface area contributed by atoms with Gasteiger partial charge in [-0.15, -0.1) is 11.3 Å². The zero-order valence-corrected chi connectivity index (χ0v) is 10.3. The van der Waals surface area contributed by atoms with E-state index >= 15 is 0 Å². The fourth-order valence-electron chi connectivity index (χ4n) is 1.69. The van der Waals surface area contributed by atoms with E-state index in [2.05, 4.69) is 68.5 Å². The molecule has 0 aliphatic rings. The number of halogens is 1. The molecule has 3 rings (SSSR count). The molecule has 0 spiro atoms. The van der Waals surface area contributed by atoms with E-state index in [1.807, 2.05) is 0 Å². The minimum absolute atomic E-state index is 1.11. The summed E-state index contributed by atoms with van der Waals surface area (Å²) >= 11 is 5.22. The van der Waals surface area contributed by atoms with Gasteiger partial charge >= 0.3 is 0 Å². The van der Waals surface area contributed by atoms with Crippen LogP contribution in [-0.4, -0.2) is 4.57 Å². The molecule has 0 radical (unpaired) electrons. The Morgan fingerprint density at radius 3 is 2.60 bits per heavy atom. The van der Waals surface area contributed by atoms with E-state index in [-0.39, 0.29) is 0 Å². The number of hydrogen-bond donors (Lipinski definition) is 0. The highest BCUT2D eigenvalue weighted by atomic mass is 79.9. The van der Waals surface area contributed by atoms with E-state index in [9.17, 15) is 0 Å². The van der Waals surface area contributed by atoms with Crippen LogP contribution in [0.1, 0.15) is 0 Å². The second-order valence-corrected chi connectivity index (χ2v) is 5.20. The standard InChI is InChI=1S/C12H8BrNS/c13-9-1-3-10(4-2-9)14-7-5-12-11(14)6-8-15-12/h1-8H. The van der Waals surface area contributed by atoms with Crippen LogP contribution in [0.15, 0.2) is 52.4 Å². The lowest BCUT2D eigenvalue weighted by Gasteiger charge is -2.03. The fourth-order valence-corrected chi connectivity index (χ4v) is 2.72. The minimum atomic E-state index is 1.11. The number of fused-ring (bicyclic) bond motifs is 1. The molecule has 0 aliphatic carbocycles. The highest BCUT2D eigenvalue weighted by Gasteiger charge is 2.03. The van der Waals surface area contributed by atoms with E-state index in [0.29, 0.717) is 0 Å². The Kier molecular flexibility index (Phi) is 2.15. The number of hydrogen-bond acceptors (Lipinski definition) is 1. The Morgan fingerprint density at radius 2 is 1.80 bits per heavy atom. The number of nitrogens with zero attached hydrogens (tertiary/aromatic N) is 1. The van der Waals surface area contributed by atoms with Gasteiger partial charge in [0.2, 0.25) is 0 Å². The van der Waals surface area contributed by atoms with Crippen LogP contribution in [0.3, 0.4) is 0 Å². The van der Waals surface area contributed by atoms with Crippen molar-refractivity contribution in [2.75, 3.05) is 0 Å². The van der Waals surface area contributed by atoms with Gasteiger partial charge in [-0.2, -0.15) is 0 Å². The van der Waals surface area contributed by atoms with Crippen molar-refractivity contribution in [2.45, 2.75) is 0 Å². The summed E-state index contributed by atoms with van der Waals surface area (Å²) in [6.07, 6.45) is 2.12. The molecule has 2 aromatic heterocycles. The molecule has 0 amide bonds. The van der Waals surface area contributed by atoms with Gasteiger partial charge in [-0.05, 0) is 41.8 Å². The Morgan fingerprint density at radius 1 is 1.00 bits per heavy atom. The maximum absolute atomic E-state index is 3.44. The Balaban J connectivity index is 2.21. The smallest absolute Gasteiger partial charge is 0.0636 e. The summed E-state index contributed by atoms with van der Waals surface area (Å²) in [7, 11) is 0. The van der Waals surface area contributed by atoms with Crippen molar-refractivity contribution in [2.24, 2.45) is 0 Å². The van der Waals surface area contributed by atoms with Gasteiger partial charge in [0.1, 0.15) is 0 Å². The predicted octanol–water partition coefficient (Wildman–Crippen LogP) is 4.45. The number of aromatic nitrogens is 1. The molecule has 0 atom stereocenters. The second kappa shape index (κ2) is 3.51. The number of rotatable bonds is 1. The highest BCUT2D eigenvalue weighted by molar-refractivity contribution is 9.10. The van der Waals surface area contributed by atoms with Gasteiger partial charge in [-0.1, -0.05) is 15.9 Å². The van der Waals surface area contributed by atoms with E-state index in [1.165, 1.54) is 15.9 Å². The van der Waals surface area contributed by atoms with Crippen molar-refractivity contribution in [3.8, 4) is 5.69 Å². The minimum Gasteiger partial charge on any atom is -0.316 e. The summed E-state index contributed by atoms with van der Waals surface area (Å²) in [5.74, 6) is 0. The summed E-state index contributed by atoms with van der Waals surface area (Å²) < 4.78 is 4.65. The van der Waals surface area contributed by atoms with Crippen LogP contribution in [0, 0.1) is 0 Å². The van der Waals surface area contributed by atoms with E-state index in [4.69, 9.17) is 0 Å². The van der Waals surface area contributed by atoms with Gasteiger partial charge in [-0.3, -0.25) is 0 Å². The third-order valence-corrected chi connectivity index (χ3v) is 3.81. The Labute approximate surface area is 100 Å². The maximum atomic E-state index is 3.44. The molecule has 0 N–H and O–H groups in total. The van der Waals surface area contributed by atoms with Crippen molar-refractivity contribution in [3.63, 3.8) is 0 Å². The van der Waals surface area contributed by atoms with Crippen molar-refractivity contribution in [1.82, 2.24) is 4.57 Å². The first-order valence-corrected chi connectivity index (χ1v) is 6.32. The molecule has 0 saturated heterocycles. The van der Waals surface area contributed by atoms with Crippen molar-refractivity contribution in [1.29, 1.82) is 0 Å². The summed E-state index contributed by atoms with van der Waals surface area (Å²) in [5, 5.41) is 2.13. The first kappa shape index (κ1) is 9.19. The molecule has 1 aromatic carbocycles. The molecular formula is C12H8BrNS. The highest BCUT2D eigenvalue weighted by Crippen LogP contribution is 2.25. The van der Waals surface area contributed by atoms with Crippen molar-refractivity contribution in [3.05, 3.63) is 52.4 Å². The lowest BCUT2D eigenvalue weighted by molar-refractivity contribution is 1.13. The molecule has 15 heavy (non-hydrogen) atoms. The van der Waals surface area contributed by atoms with Gasteiger partial charge in [-0.25, -0.2) is 0 Å². The van der Waals surface area contributed by atoms with Gasteiger partial charge in [0.05, 0.1) is 10.2 Å². The normalized spacial score (nSPS) is 11.0. The van der Waals surface area contributed by atoms with Crippen molar-refractivity contribution < 1.29 is 0 Å². The zero-order valence-electron chi connectivity index (χ0n) is 7.85. The topological polar surface area (TPSA) is 4.93 Å². The molecule has 3 aromatic rings. The summed E-state index contributed by atoms with van der Waals surface area (Å²) in [6.45, 7) is 0. The van der Waals surface area contributed by atoms with Gasteiger partial charge < -0.3 is 4.57 Å². The monoisotopic (exact) mass is 277 g/mol. The van der Waals surface area contributed by atoms with Crippen LogP contribution in [0.5, 0.6) is 0 Å². The molecule has 0 bridgehead atoms. The zero-order chi connectivity index (χ0) is 10.3. The molecule has 2 heterocycles. The molecule has 0 saturated carbocycles.